The van der Waals surface area contributed by atoms with Crippen LogP contribution in [0.5, 0.6) is 5.75 Å². The van der Waals surface area contributed by atoms with E-state index in [2.05, 4.69) is 26.0 Å². The number of aromatic hydroxyl groups is 1. The van der Waals surface area contributed by atoms with Crippen molar-refractivity contribution in [2.75, 3.05) is 6.54 Å². The van der Waals surface area contributed by atoms with Crippen LogP contribution in [0.25, 0.3) is 10.8 Å². The molecule has 94 valence electrons. The number of hydrogen-bond acceptors (Lipinski definition) is 2. The van der Waals surface area contributed by atoms with Crippen molar-refractivity contribution in [3.05, 3.63) is 42.0 Å². The molecule has 0 radical (unpaired) electrons. The number of rotatable bonds is 2. The van der Waals surface area contributed by atoms with Gasteiger partial charge in [-0.3, -0.25) is 0 Å². The van der Waals surface area contributed by atoms with Crippen molar-refractivity contribution in [3.8, 4) is 5.75 Å². The summed E-state index contributed by atoms with van der Waals surface area (Å²) in [6.45, 7) is 5.15. The zero-order valence-corrected chi connectivity index (χ0v) is 10.9. The van der Waals surface area contributed by atoms with Crippen molar-refractivity contribution < 1.29 is 5.11 Å². The molecule has 1 saturated carbocycles. The van der Waals surface area contributed by atoms with Crippen molar-refractivity contribution in [1.82, 2.24) is 0 Å². The highest BCUT2D eigenvalue weighted by Gasteiger charge is 2.58. The molecule has 2 heteroatoms. The number of benzene rings is 2. The number of fused-ring (bicyclic) bond motifs is 1. The summed E-state index contributed by atoms with van der Waals surface area (Å²) in [5.74, 6) is 1.24. The fourth-order valence-electron chi connectivity index (χ4n) is 3.37. The van der Waals surface area contributed by atoms with Gasteiger partial charge in [-0.2, -0.15) is 0 Å². The Balaban J connectivity index is 2.21. The van der Waals surface area contributed by atoms with Gasteiger partial charge in [0.25, 0.3) is 0 Å². The molecular formula is C16H19NO. The molecule has 0 saturated heterocycles. The molecule has 3 rings (SSSR count). The fraction of sp³-hybridized carbons (Fsp3) is 0.375. The zero-order chi connectivity index (χ0) is 12.9. The minimum atomic E-state index is 0.191. The van der Waals surface area contributed by atoms with E-state index in [1.807, 2.05) is 18.2 Å². The standard InChI is InChI=1S/C16H19NO/c1-16(2)12(9-17)15(16)14-11-6-4-3-5-10(11)7-8-13(14)18/h3-8,12,15,18H,9,17H2,1-2H3/t12-,15+/m0/s1. The van der Waals surface area contributed by atoms with Gasteiger partial charge in [-0.15, -0.1) is 0 Å². The highest BCUT2D eigenvalue weighted by molar-refractivity contribution is 5.88. The summed E-state index contributed by atoms with van der Waals surface area (Å²) in [4.78, 5) is 0. The molecule has 0 aromatic heterocycles. The van der Waals surface area contributed by atoms with E-state index >= 15 is 0 Å². The van der Waals surface area contributed by atoms with Crippen molar-refractivity contribution in [2.45, 2.75) is 19.8 Å². The molecule has 3 N–H and O–H groups in total. The maximum absolute atomic E-state index is 10.2. The largest absolute Gasteiger partial charge is 0.508 e. The second-order valence-electron chi connectivity index (χ2n) is 5.86. The summed E-state index contributed by atoms with van der Waals surface area (Å²) in [6, 6.07) is 12.0. The highest BCUT2D eigenvalue weighted by atomic mass is 16.3. The molecule has 2 aromatic carbocycles. The molecule has 0 amide bonds. The molecule has 2 atom stereocenters. The molecule has 1 aliphatic rings. The number of nitrogens with two attached hydrogens (primary N) is 1. The van der Waals surface area contributed by atoms with Crippen molar-refractivity contribution in [2.24, 2.45) is 17.1 Å². The van der Waals surface area contributed by atoms with E-state index in [1.54, 1.807) is 6.07 Å². The van der Waals surface area contributed by atoms with Crippen LogP contribution in [0.4, 0.5) is 0 Å². The van der Waals surface area contributed by atoms with Gasteiger partial charge >= 0.3 is 0 Å². The zero-order valence-electron chi connectivity index (χ0n) is 10.9. The van der Waals surface area contributed by atoms with Crippen LogP contribution in [0.1, 0.15) is 25.3 Å². The molecule has 1 aliphatic carbocycles. The van der Waals surface area contributed by atoms with Crippen molar-refractivity contribution >= 4 is 10.8 Å². The van der Waals surface area contributed by atoms with Crippen LogP contribution in [0.3, 0.4) is 0 Å². The lowest BCUT2D eigenvalue weighted by atomic mass is 9.96. The molecule has 0 spiro atoms. The van der Waals surface area contributed by atoms with Crippen LogP contribution >= 0.6 is 0 Å². The summed E-state index contributed by atoms with van der Waals surface area (Å²) < 4.78 is 0. The third-order valence-electron chi connectivity index (χ3n) is 4.56. The minimum absolute atomic E-state index is 0.191. The Bertz CT molecular complexity index is 603. The Morgan fingerprint density at radius 2 is 1.89 bits per heavy atom. The first kappa shape index (κ1) is 11.5. The van der Waals surface area contributed by atoms with Gasteiger partial charge in [0.05, 0.1) is 0 Å². The number of hydrogen-bond donors (Lipinski definition) is 2. The predicted octanol–water partition coefficient (Wildman–Crippen LogP) is 3.24. The molecule has 1 fully saturated rings. The predicted molar refractivity (Wildman–Crippen MR) is 74.7 cm³/mol. The topological polar surface area (TPSA) is 46.2 Å². The van der Waals surface area contributed by atoms with Gasteiger partial charge in [-0.1, -0.05) is 44.2 Å². The van der Waals surface area contributed by atoms with Crippen LogP contribution < -0.4 is 5.73 Å². The van der Waals surface area contributed by atoms with E-state index < -0.39 is 0 Å². The maximum Gasteiger partial charge on any atom is 0.119 e. The number of phenols is 1. The van der Waals surface area contributed by atoms with Crippen LogP contribution in [0.15, 0.2) is 36.4 Å². The fourth-order valence-corrected chi connectivity index (χ4v) is 3.37. The summed E-state index contributed by atoms with van der Waals surface area (Å²) in [7, 11) is 0. The van der Waals surface area contributed by atoms with E-state index in [4.69, 9.17) is 5.73 Å². The molecule has 18 heavy (non-hydrogen) atoms. The molecule has 2 aromatic rings. The molecule has 2 nitrogen and oxygen atoms in total. The van der Waals surface area contributed by atoms with E-state index in [9.17, 15) is 5.11 Å². The lowest BCUT2D eigenvalue weighted by molar-refractivity contribution is 0.465. The molecule has 0 heterocycles. The summed E-state index contributed by atoms with van der Waals surface area (Å²) in [5, 5.41) is 12.6. The van der Waals surface area contributed by atoms with E-state index in [-0.39, 0.29) is 5.41 Å². The average molecular weight is 241 g/mol. The van der Waals surface area contributed by atoms with Crippen molar-refractivity contribution in [1.29, 1.82) is 0 Å². The Labute approximate surface area is 107 Å². The molecular weight excluding hydrogens is 222 g/mol. The van der Waals surface area contributed by atoms with E-state index in [0.717, 1.165) is 10.9 Å². The summed E-state index contributed by atoms with van der Waals surface area (Å²) >= 11 is 0. The van der Waals surface area contributed by atoms with Gasteiger partial charge in [-0.25, -0.2) is 0 Å². The van der Waals surface area contributed by atoms with Crippen LogP contribution in [0.2, 0.25) is 0 Å². The van der Waals surface area contributed by atoms with Gasteiger partial charge in [0.2, 0.25) is 0 Å². The molecule has 0 bridgehead atoms. The molecule has 0 unspecified atom stereocenters. The summed E-state index contributed by atoms with van der Waals surface area (Å²) in [6.07, 6.45) is 0. The highest BCUT2D eigenvalue weighted by Crippen LogP contribution is 2.66. The van der Waals surface area contributed by atoms with Gasteiger partial charge in [0.15, 0.2) is 0 Å². The SMILES string of the molecule is CC1(C)[C@@H](CN)[C@@H]1c1c(O)ccc2ccccc12. The third kappa shape index (κ3) is 1.45. The lowest BCUT2D eigenvalue weighted by Crippen LogP contribution is -2.05. The first-order valence-corrected chi connectivity index (χ1v) is 6.48. The number of phenolic OH excluding ortho intramolecular Hbond substituents is 1. The van der Waals surface area contributed by atoms with Crippen LogP contribution in [-0.4, -0.2) is 11.7 Å². The first-order chi connectivity index (χ1) is 8.57. The third-order valence-corrected chi connectivity index (χ3v) is 4.56. The quantitative estimate of drug-likeness (QED) is 0.847. The van der Waals surface area contributed by atoms with Gasteiger partial charge in [-0.05, 0) is 40.6 Å². The van der Waals surface area contributed by atoms with Gasteiger partial charge < -0.3 is 10.8 Å². The normalized spacial score (nSPS) is 25.3. The van der Waals surface area contributed by atoms with E-state index in [0.29, 0.717) is 24.1 Å². The Morgan fingerprint density at radius 3 is 2.56 bits per heavy atom. The van der Waals surface area contributed by atoms with E-state index in [1.165, 1.54) is 5.39 Å². The van der Waals surface area contributed by atoms with Crippen molar-refractivity contribution in [3.63, 3.8) is 0 Å². The molecule has 0 aliphatic heterocycles. The average Bonchev–Trinajstić information content (AvgIpc) is 2.90. The van der Waals surface area contributed by atoms with Crippen LogP contribution in [-0.2, 0) is 0 Å². The summed E-state index contributed by atoms with van der Waals surface area (Å²) in [5.41, 5.74) is 7.12. The minimum Gasteiger partial charge on any atom is -0.508 e. The second kappa shape index (κ2) is 3.72. The van der Waals surface area contributed by atoms with Gasteiger partial charge in [0, 0.05) is 5.56 Å². The Morgan fingerprint density at radius 1 is 1.17 bits per heavy atom. The van der Waals surface area contributed by atoms with Gasteiger partial charge in [0.1, 0.15) is 5.75 Å². The second-order valence-corrected chi connectivity index (χ2v) is 5.86. The monoisotopic (exact) mass is 241 g/mol. The lowest BCUT2D eigenvalue weighted by Gasteiger charge is -2.10. The Hall–Kier alpha value is -1.54. The van der Waals surface area contributed by atoms with Crippen LogP contribution in [0, 0.1) is 11.3 Å². The smallest absolute Gasteiger partial charge is 0.119 e. The first-order valence-electron chi connectivity index (χ1n) is 6.48. The Kier molecular flexibility index (Phi) is 2.39. The maximum atomic E-state index is 10.2.